The Labute approximate surface area is 187 Å². The number of fused-ring (bicyclic) bond motifs is 1. The fraction of sp³-hybridized carbons (Fsp3) is 0.360. The number of aromatic nitrogens is 1. The number of nitrogens with zero attached hydrogens (tertiary/aromatic N) is 3. The zero-order valence-electron chi connectivity index (χ0n) is 17.7. The lowest BCUT2D eigenvalue weighted by atomic mass is 9.84. The summed E-state index contributed by atoms with van der Waals surface area (Å²) in [5.74, 6) is 0.400. The average Bonchev–Trinajstić information content (AvgIpc) is 3.25. The second-order valence-corrected chi connectivity index (χ2v) is 9.25. The Morgan fingerprint density at radius 1 is 1.13 bits per heavy atom. The smallest absolute Gasteiger partial charge is 0.237 e. The van der Waals surface area contributed by atoms with Gasteiger partial charge in [-0.3, -0.25) is 9.69 Å². The SMILES string of the molecule is Cc1csc(C2CN(CC(=O)N3Cc4ccccc4C(c4ccccc4)C3)CCO2)n1. The Bertz CT molecular complexity index is 1050. The van der Waals surface area contributed by atoms with Gasteiger partial charge in [0.05, 0.1) is 13.2 Å². The van der Waals surface area contributed by atoms with E-state index < -0.39 is 0 Å². The molecule has 6 heteroatoms. The van der Waals surface area contributed by atoms with E-state index in [-0.39, 0.29) is 17.9 Å². The highest BCUT2D eigenvalue weighted by molar-refractivity contribution is 7.09. The Balaban J connectivity index is 1.30. The Morgan fingerprint density at radius 2 is 1.94 bits per heavy atom. The number of rotatable bonds is 4. The molecule has 1 amide bonds. The van der Waals surface area contributed by atoms with Gasteiger partial charge in [-0.1, -0.05) is 54.6 Å². The molecule has 2 aromatic carbocycles. The molecule has 160 valence electrons. The number of hydrogen-bond acceptors (Lipinski definition) is 5. The summed E-state index contributed by atoms with van der Waals surface area (Å²) in [4.78, 5) is 22.1. The third kappa shape index (κ3) is 4.42. The van der Waals surface area contributed by atoms with Gasteiger partial charge >= 0.3 is 0 Å². The standard InChI is InChI=1S/C25H27N3O2S/c1-18-17-31-25(26-18)23-15-27(11-12-30-23)16-24(29)28-13-20-9-5-6-10-21(20)22(14-28)19-7-3-2-4-8-19/h2-10,17,22-23H,11-16H2,1H3. The number of hydrogen-bond donors (Lipinski definition) is 0. The van der Waals surface area contributed by atoms with Crippen molar-refractivity contribution in [1.82, 2.24) is 14.8 Å². The third-order valence-corrected chi connectivity index (χ3v) is 7.23. The zero-order valence-corrected chi connectivity index (χ0v) is 18.6. The molecule has 2 aliphatic heterocycles. The molecule has 2 atom stereocenters. The minimum atomic E-state index is -0.0422. The first-order valence-electron chi connectivity index (χ1n) is 10.8. The summed E-state index contributed by atoms with van der Waals surface area (Å²) in [5, 5.41) is 3.06. The van der Waals surface area contributed by atoms with Gasteiger partial charge in [-0.15, -0.1) is 11.3 Å². The topological polar surface area (TPSA) is 45.7 Å². The largest absolute Gasteiger partial charge is 0.368 e. The number of carbonyl (C=O) groups excluding carboxylic acids is 1. The number of morpholine rings is 1. The van der Waals surface area contributed by atoms with Gasteiger partial charge in [0.25, 0.3) is 0 Å². The highest BCUT2D eigenvalue weighted by atomic mass is 32.1. The minimum Gasteiger partial charge on any atom is -0.368 e. The summed E-state index contributed by atoms with van der Waals surface area (Å²) < 4.78 is 5.94. The minimum absolute atomic E-state index is 0.0422. The molecule has 3 heterocycles. The summed E-state index contributed by atoms with van der Waals surface area (Å²) in [6, 6.07) is 19.0. The van der Waals surface area contributed by atoms with Gasteiger partial charge in [0, 0.05) is 43.2 Å². The van der Waals surface area contributed by atoms with E-state index in [2.05, 4.69) is 63.8 Å². The molecule has 0 saturated carbocycles. The number of aryl methyl sites for hydroxylation is 1. The van der Waals surface area contributed by atoms with Crippen molar-refractivity contribution in [2.24, 2.45) is 0 Å². The third-order valence-electron chi connectivity index (χ3n) is 6.17. The second kappa shape index (κ2) is 8.91. The predicted molar refractivity (Wildman–Crippen MR) is 122 cm³/mol. The molecule has 0 spiro atoms. The lowest BCUT2D eigenvalue weighted by molar-refractivity contribution is -0.135. The van der Waals surface area contributed by atoms with E-state index in [1.807, 2.05) is 17.9 Å². The van der Waals surface area contributed by atoms with E-state index >= 15 is 0 Å². The van der Waals surface area contributed by atoms with E-state index in [0.29, 0.717) is 26.2 Å². The van der Waals surface area contributed by atoms with E-state index in [0.717, 1.165) is 23.8 Å². The average molecular weight is 434 g/mol. The number of amides is 1. The molecule has 0 bridgehead atoms. The highest BCUT2D eigenvalue weighted by Gasteiger charge is 2.31. The molecular weight excluding hydrogens is 406 g/mol. The van der Waals surface area contributed by atoms with Crippen LogP contribution >= 0.6 is 11.3 Å². The fourth-order valence-electron chi connectivity index (χ4n) is 4.57. The van der Waals surface area contributed by atoms with E-state index in [4.69, 9.17) is 4.74 Å². The second-order valence-electron chi connectivity index (χ2n) is 8.36. The molecule has 2 unspecified atom stereocenters. The first-order chi connectivity index (χ1) is 15.2. The molecule has 3 aromatic rings. The van der Waals surface area contributed by atoms with Crippen molar-refractivity contribution in [2.45, 2.75) is 25.5 Å². The van der Waals surface area contributed by atoms with Gasteiger partial charge in [-0.05, 0) is 23.6 Å². The van der Waals surface area contributed by atoms with Crippen LogP contribution in [-0.4, -0.2) is 53.5 Å². The van der Waals surface area contributed by atoms with Crippen molar-refractivity contribution < 1.29 is 9.53 Å². The molecule has 5 nitrogen and oxygen atoms in total. The van der Waals surface area contributed by atoms with Gasteiger partial charge in [0.1, 0.15) is 11.1 Å². The van der Waals surface area contributed by atoms with Gasteiger partial charge in [0.2, 0.25) is 5.91 Å². The molecule has 0 radical (unpaired) electrons. The van der Waals surface area contributed by atoms with Gasteiger partial charge in [-0.2, -0.15) is 0 Å². The summed E-state index contributed by atoms with van der Waals surface area (Å²) in [5.41, 5.74) is 4.87. The molecule has 2 aliphatic rings. The van der Waals surface area contributed by atoms with Crippen molar-refractivity contribution in [3.63, 3.8) is 0 Å². The van der Waals surface area contributed by atoms with Crippen molar-refractivity contribution in [3.05, 3.63) is 87.4 Å². The van der Waals surface area contributed by atoms with Gasteiger partial charge in [-0.25, -0.2) is 4.98 Å². The molecule has 1 aromatic heterocycles. The maximum Gasteiger partial charge on any atom is 0.237 e. The molecule has 31 heavy (non-hydrogen) atoms. The fourth-order valence-corrected chi connectivity index (χ4v) is 5.41. The summed E-state index contributed by atoms with van der Waals surface area (Å²) in [6.45, 7) is 5.95. The lowest BCUT2D eigenvalue weighted by Crippen LogP contribution is -2.47. The van der Waals surface area contributed by atoms with Crippen LogP contribution in [0.5, 0.6) is 0 Å². The lowest BCUT2D eigenvalue weighted by Gasteiger charge is -2.37. The first kappa shape index (κ1) is 20.4. The molecule has 5 rings (SSSR count). The van der Waals surface area contributed by atoms with Crippen LogP contribution in [-0.2, 0) is 16.1 Å². The molecule has 1 saturated heterocycles. The maximum absolute atomic E-state index is 13.3. The van der Waals surface area contributed by atoms with Gasteiger partial charge < -0.3 is 9.64 Å². The van der Waals surface area contributed by atoms with Crippen LogP contribution in [0.1, 0.15) is 39.4 Å². The number of benzene rings is 2. The molecule has 0 N–H and O–H groups in total. The van der Waals surface area contributed by atoms with Crippen LogP contribution in [0.25, 0.3) is 0 Å². The van der Waals surface area contributed by atoms with Crippen molar-refractivity contribution in [2.75, 3.05) is 32.8 Å². The number of thiazole rings is 1. The Morgan fingerprint density at radius 3 is 2.74 bits per heavy atom. The quantitative estimate of drug-likeness (QED) is 0.624. The van der Waals surface area contributed by atoms with Crippen molar-refractivity contribution in [1.29, 1.82) is 0 Å². The van der Waals surface area contributed by atoms with Crippen molar-refractivity contribution in [3.8, 4) is 0 Å². The van der Waals surface area contributed by atoms with Crippen LogP contribution in [0.3, 0.4) is 0 Å². The Kier molecular flexibility index (Phi) is 5.85. The predicted octanol–water partition coefficient (Wildman–Crippen LogP) is 4.00. The monoisotopic (exact) mass is 433 g/mol. The number of carbonyl (C=O) groups is 1. The molecule has 1 fully saturated rings. The number of ether oxygens (including phenoxy) is 1. The highest BCUT2D eigenvalue weighted by Crippen LogP contribution is 2.33. The van der Waals surface area contributed by atoms with Crippen LogP contribution in [0.4, 0.5) is 0 Å². The van der Waals surface area contributed by atoms with Crippen LogP contribution in [0.15, 0.2) is 60.0 Å². The molecule has 0 aliphatic carbocycles. The van der Waals surface area contributed by atoms with Crippen LogP contribution in [0.2, 0.25) is 0 Å². The van der Waals surface area contributed by atoms with Crippen LogP contribution < -0.4 is 0 Å². The summed E-state index contributed by atoms with van der Waals surface area (Å²) in [7, 11) is 0. The Hall–Kier alpha value is -2.54. The van der Waals surface area contributed by atoms with Crippen molar-refractivity contribution >= 4 is 17.2 Å². The van der Waals surface area contributed by atoms with E-state index in [9.17, 15) is 4.79 Å². The zero-order chi connectivity index (χ0) is 21.2. The van der Waals surface area contributed by atoms with E-state index in [1.54, 1.807) is 11.3 Å². The normalized spacial score (nSPS) is 21.6. The van der Waals surface area contributed by atoms with Gasteiger partial charge in [0.15, 0.2) is 0 Å². The van der Waals surface area contributed by atoms with E-state index in [1.165, 1.54) is 16.7 Å². The van der Waals surface area contributed by atoms with Crippen LogP contribution in [0, 0.1) is 6.92 Å². The maximum atomic E-state index is 13.3. The summed E-state index contributed by atoms with van der Waals surface area (Å²) >= 11 is 1.64. The summed E-state index contributed by atoms with van der Waals surface area (Å²) in [6.07, 6.45) is -0.0422. The molecular formula is C25H27N3O2S. The first-order valence-corrected chi connectivity index (χ1v) is 11.7.